The summed E-state index contributed by atoms with van der Waals surface area (Å²) in [6, 6.07) is 6.08. The second-order valence-corrected chi connectivity index (χ2v) is 9.62. The molecule has 1 atom stereocenters. The predicted molar refractivity (Wildman–Crippen MR) is 116 cm³/mol. The number of nitro groups is 1. The zero-order valence-corrected chi connectivity index (χ0v) is 19.9. The Labute approximate surface area is 206 Å². The fourth-order valence-corrected chi connectivity index (χ4v) is 3.49. The van der Waals surface area contributed by atoms with E-state index in [1.807, 2.05) is 0 Å². The average Bonchev–Trinajstić information content (AvgIpc) is 2.80. The largest absolute Gasteiger partial charge is 0.480 e. The van der Waals surface area contributed by atoms with Gasteiger partial charge in [0.1, 0.15) is 6.04 Å². The Morgan fingerprint density at radius 2 is 1.68 bits per heavy atom. The van der Waals surface area contributed by atoms with Crippen LogP contribution in [0.25, 0.3) is 0 Å². The highest BCUT2D eigenvalue weighted by Crippen LogP contribution is 2.37. The molecule has 0 unspecified atom stereocenters. The Bertz CT molecular complexity index is 1280. The van der Waals surface area contributed by atoms with Crippen molar-refractivity contribution in [3.8, 4) is 5.75 Å². The van der Waals surface area contributed by atoms with Crippen LogP contribution in [0.2, 0.25) is 0 Å². The van der Waals surface area contributed by atoms with E-state index >= 15 is 0 Å². The van der Waals surface area contributed by atoms with E-state index in [-0.39, 0.29) is 11.3 Å². The summed E-state index contributed by atoms with van der Waals surface area (Å²) in [5.74, 6) is -8.36. The van der Waals surface area contributed by atoms with Crippen LogP contribution in [0.3, 0.4) is 0 Å². The number of methoxy groups -OCH3 is 1. The third-order valence-electron chi connectivity index (χ3n) is 4.82. The lowest BCUT2D eigenvalue weighted by molar-refractivity contribution is -0.386. The second kappa shape index (κ2) is 11.1. The van der Waals surface area contributed by atoms with Crippen LogP contribution >= 0.6 is 0 Å². The Morgan fingerprint density at radius 1 is 1.08 bits per heavy atom. The van der Waals surface area contributed by atoms with Gasteiger partial charge in [-0.1, -0.05) is 12.1 Å². The Kier molecular flexibility index (Phi) is 8.79. The summed E-state index contributed by atoms with van der Waals surface area (Å²) in [6.07, 6.45) is -5.17. The summed E-state index contributed by atoms with van der Waals surface area (Å²) in [7, 11) is -2.47. The molecule has 0 aliphatic carbocycles. The first kappa shape index (κ1) is 29.4. The van der Waals surface area contributed by atoms with Crippen molar-refractivity contribution in [3.05, 3.63) is 63.7 Å². The lowest BCUT2D eigenvalue weighted by Gasteiger charge is -2.20. The molecule has 202 valence electrons. The van der Waals surface area contributed by atoms with Crippen molar-refractivity contribution in [3.63, 3.8) is 0 Å². The van der Waals surface area contributed by atoms with Gasteiger partial charge in [-0.3, -0.25) is 14.9 Å². The molecule has 1 amide bonds. The van der Waals surface area contributed by atoms with Crippen LogP contribution in [-0.2, 0) is 25.8 Å². The Hall–Kier alpha value is -3.82. The number of halogens is 5. The average molecular weight is 554 g/mol. The van der Waals surface area contributed by atoms with Crippen molar-refractivity contribution in [2.75, 3.05) is 20.0 Å². The quantitative estimate of drug-likeness (QED) is 0.204. The van der Waals surface area contributed by atoms with E-state index in [1.165, 1.54) is 24.3 Å². The van der Waals surface area contributed by atoms with Crippen molar-refractivity contribution in [2.45, 2.75) is 29.5 Å². The lowest BCUT2D eigenvalue weighted by atomic mass is 10.1. The van der Waals surface area contributed by atoms with Crippen LogP contribution in [0.15, 0.2) is 47.4 Å². The van der Waals surface area contributed by atoms with Crippen molar-refractivity contribution in [1.29, 1.82) is 0 Å². The molecule has 0 aliphatic heterocycles. The molecule has 0 radical (unpaired) electrons. The van der Waals surface area contributed by atoms with Crippen LogP contribution < -0.4 is 10.1 Å². The van der Waals surface area contributed by atoms with Gasteiger partial charge in [-0.25, -0.2) is 13.2 Å². The molecule has 2 aromatic carbocycles. The van der Waals surface area contributed by atoms with E-state index < -0.39 is 68.4 Å². The summed E-state index contributed by atoms with van der Waals surface area (Å²) in [6.45, 7) is -2.28. The first-order chi connectivity index (χ1) is 17.0. The number of alkyl halides is 5. The molecule has 0 heterocycles. The van der Waals surface area contributed by atoms with Crippen LogP contribution in [0.1, 0.15) is 15.9 Å². The van der Waals surface area contributed by atoms with Gasteiger partial charge < -0.3 is 14.8 Å². The molecule has 0 aliphatic rings. The third kappa shape index (κ3) is 7.58. The molecule has 2 rings (SSSR count). The van der Waals surface area contributed by atoms with Crippen molar-refractivity contribution in [1.82, 2.24) is 5.32 Å². The van der Waals surface area contributed by atoms with Gasteiger partial charge in [-0.05, 0) is 23.8 Å². The van der Waals surface area contributed by atoms with Gasteiger partial charge in [0.2, 0.25) is 0 Å². The Morgan fingerprint density at radius 3 is 2.16 bits per heavy atom. The van der Waals surface area contributed by atoms with Crippen LogP contribution in [0.5, 0.6) is 5.75 Å². The highest BCUT2D eigenvalue weighted by Gasteiger charge is 2.58. The van der Waals surface area contributed by atoms with Crippen LogP contribution in [0, 0.1) is 10.1 Å². The standard InChI is InChI=1S/C21H19F5N2O8S/c1-35-19(30)15(9-12-3-6-14(7-4-12)37(2,33)34)27-18(29)13-5-8-16(28(31)32)17(10-13)36-11-20(22,23)21(24,25)26/h3-8,10,15H,9,11H2,1-2H3,(H,27,29)/t15-/m0/s1. The molecule has 0 bridgehead atoms. The van der Waals surface area contributed by atoms with E-state index in [0.717, 1.165) is 19.4 Å². The van der Waals surface area contributed by atoms with E-state index in [1.54, 1.807) is 0 Å². The zero-order valence-electron chi connectivity index (χ0n) is 19.0. The number of hydrogen-bond acceptors (Lipinski definition) is 8. The SMILES string of the molecule is COC(=O)[C@H](Cc1ccc(S(C)(=O)=O)cc1)NC(=O)c1ccc([N+](=O)[O-])c(OCC(F)(F)C(F)(F)F)c1. The fourth-order valence-electron chi connectivity index (χ4n) is 2.86. The molecule has 37 heavy (non-hydrogen) atoms. The van der Waals surface area contributed by atoms with Crippen molar-refractivity contribution >= 4 is 27.4 Å². The van der Waals surface area contributed by atoms with E-state index in [0.29, 0.717) is 17.7 Å². The van der Waals surface area contributed by atoms with Crippen molar-refractivity contribution < 1.29 is 54.4 Å². The predicted octanol–water partition coefficient (Wildman–Crippen LogP) is 3.09. The number of benzene rings is 2. The summed E-state index contributed by atoms with van der Waals surface area (Å²) in [4.78, 5) is 34.9. The molecular weight excluding hydrogens is 535 g/mol. The van der Waals surface area contributed by atoms with Crippen molar-refractivity contribution in [2.24, 2.45) is 0 Å². The van der Waals surface area contributed by atoms with Gasteiger partial charge in [-0.2, -0.15) is 22.0 Å². The first-order valence-electron chi connectivity index (χ1n) is 9.99. The molecular formula is C21H19F5N2O8S. The van der Waals surface area contributed by atoms with E-state index in [9.17, 15) is 50.1 Å². The molecule has 0 saturated heterocycles. The topological polar surface area (TPSA) is 142 Å². The Balaban J connectivity index is 2.29. The lowest BCUT2D eigenvalue weighted by Crippen LogP contribution is -2.43. The number of sulfone groups is 1. The minimum Gasteiger partial charge on any atom is -0.480 e. The van der Waals surface area contributed by atoms with Gasteiger partial charge in [0.05, 0.1) is 16.9 Å². The maximum absolute atomic E-state index is 13.2. The maximum Gasteiger partial charge on any atom is 0.456 e. The minimum atomic E-state index is -5.98. The number of amides is 1. The normalized spacial score (nSPS) is 12.9. The number of carbonyl (C=O) groups excluding carboxylic acids is 2. The summed E-state index contributed by atoms with van der Waals surface area (Å²) >= 11 is 0. The van der Waals surface area contributed by atoms with Gasteiger partial charge in [-0.15, -0.1) is 0 Å². The summed E-state index contributed by atoms with van der Waals surface area (Å²) < 4.78 is 95.8. The maximum atomic E-state index is 13.2. The van der Waals surface area contributed by atoms with Gasteiger partial charge >= 0.3 is 23.8 Å². The van der Waals surface area contributed by atoms with Gasteiger partial charge in [0.25, 0.3) is 5.91 Å². The molecule has 1 N–H and O–H groups in total. The number of nitro benzene ring substituents is 1. The first-order valence-corrected chi connectivity index (χ1v) is 11.9. The molecule has 0 spiro atoms. The number of nitrogens with one attached hydrogen (secondary N) is 1. The third-order valence-corrected chi connectivity index (χ3v) is 5.95. The molecule has 0 aromatic heterocycles. The smallest absolute Gasteiger partial charge is 0.456 e. The number of ether oxygens (including phenoxy) is 2. The van der Waals surface area contributed by atoms with Crippen LogP contribution in [0.4, 0.5) is 27.6 Å². The minimum absolute atomic E-state index is 0.00409. The van der Waals surface area contributed by atoms with Gasteiger partial charge in [0, 0.05) is 30.4 Å². The number of nitrogens with zero attached hydrogens (tertiary/aromatic N) is 1. The zero-order chi connectivity index (χ0) is 28.2. The fraction of sp³-hybridized carbons (Fsp3) is 0.333. The molecule has 2 aromatic rings. The van der Waals surface area contributed by atoms with E-state index in [2.05, 4.69) is 14.8 Å². The molecule has 0 saturated carbocycles. The number of carbonyl (C=O) groups is 2. The monoisotopic (exact) mass is 554 g/mol. The molecule has 10 nitrogen and oxygen atoms in total. The summed E-state index contributed by atoms with van der Waals surface area (Å²) in [5.41, 5.74) is -1.03. The number of hydrogen-bond donors (Lipinski definition) is 1. The number of esters is 1. The van der Waals surface area contributed by atoms with Crippen LogP contribution in [-0.4, -0.2) is 63.3 Å². The molecule has 0 fully saturated rings. The number of rotatable bonds is 10. The second-order valence-electron chi connectivity index (χ2n) is 7.60. The highest BCUT2D eigenvalue weighted by molar-refractivity contribution is 7.90. The van der Waals surface area contributed by atoms with E-state index in [4.69, 9.17) is 0 Å². The molecule has 16 heteroatoms. The highest BCUT2D eigenvalue weighted by atomic mass is 32.2. The van der Waals surface area contributed by atoms with Gasteiger partial charge in [0.15, 0.2) is 22.2 Å². The summed E-state index contributed by atoms with van der Waals surface area (Å²) in [5, 5.41) is 13.4.